The first kappa shape index (κ1) is 11.2. The molecule has 1 aromatic carbocycles. The molecule has 1 aromatic rings. The maximum Gasteiger partial charge on any atom is 0.0526 e. The molecule has 2 N–H and O–H groups in total. The molecule has 2 unspecified atom stereocenters. The van der Waals surface area contributed by atoms with Gasteiger partial charge < -0.3 is 5.73 Å². The highest BCUT2D eigenvalue weighted by Crippen LogP contribution is 2.38. The monoisotopic (exact) mass is 244 g/mol. The highest BCUT2D eigenvalue weighted by Gasteiger charge is 2.32. The van der Waals surface area contributed by atoms with E-state index in [0.29, 0.717) is 10.0 Å². The lowest BCUT2D eigenvalue weighted by molar-refractivity contribution is 0.304. The zero-order valence-corrected chi connectivity index (χ0v) is 10.1. The van der Waals surface area contributed by atoms with Gasteiger partial charge >= 0.3 is 0 Å². The van der Waals surface area contributed by atoms with Gasteiger partial charge in [-0.1, -0.05) is 29.3 Å². The molecule has 2 atom stereocenters. The van der Waals surface area contributed by atoms with Gasteiger partial charge in [-0.2, -0.15) is 0 Å². The summed E-state index contributed by atoms with van der Waals surface area (Å²) < 4.78 is 0. The van der Waals surface area contributed by atoms with Crippen molar-refractivity contribution in [3.63, 3.8) is 0 Å². The minimum Gasteiger partial charge on any atom is -0.326 e. The number of benzene rings is 1. The zero-order chi connectivity index (χ0) is 11.0. The van der Waals surface area contributed by atoms with E-state index in [1.54, 1.807) is 0 Å². The Morgan fingerprint density at radius 3 is 2.40 bits per heavy atom. The molecule has 0 saturated carbocycles. The Morgan fingerprint density at radius 1 is 1.33 bits per heavy atom. The van der Waals surface area contributed by atoms with E-state index in [9.17, 15) is 0 Å². The molecule has 1 saturated heterocycles. The second-order valence-corrected chi connectivity index (χ2v) is 4.83. The molecule has 2 rings (SSSR count). The van der Waals surface area contributed by atoms with Gasteiger partial charge in [0.25, 0.3) is 0 Å². The Kier molecular flexibility index (Phi) is 3.21. The molecule has 0 aliphatic carbocycles. The van der Waals surface area contributed by atoms with E-state index >= 15 is 0 Å². The maximum absolute atomic E-state index is 6.17. The van der Waals surface area contributed by atoms with E-state index in [4.69, 9.17) is 28.9 Å². The molecule has 0 bridgehead atoms. The Bertz CT molecular complexity index is 337. The molecule has 0 amide bonds. The fraction of sp³-hybridized carbons (Fsp3) is 0.455. The van der Waals surface area contributed by atoms with Gasteiger partial charge in [-0.25, -0.2) is 0 Å². The molecule has 15 heavy (non-hydrogen) atoms. The van der Waals surface area contributed by atoms with Crippen LogP contribution < -0.4 is 5.73 Å². The molecular weight excluding hydrogens is 231 g/mol. The highest BCUT2D eigenvalue weighted by molar-refractivity contribution is 6.36. The molecule has 0 radical (unpaired) electrons. The molecule has 0 spiro atoms. The zero-order valence-electron chi connectivity index (χ0n) is 8.58. The smallest absolute Gasteiger partial charge is 0.0526 e. The average molecular weight is 245 g/mol. The SMILES string of the molecule is CN1CCC(N)C1c1c(Cl)cccc1Cl. The van der Waals surface area contributed by atoms with Gasteiger partial charge in [0.2, 0.25) is 0 Å². The van der Waals surface area contributed by atoms with E-state index in [-0.39, 0.29) is 12.1 Å². The van der Waals surface area contributed by atoms with Crippen molar-refractivity contribution >= 4 is 23.2 Å². The van der Waals surface area contributed by atoms with Crippen LogP contribution in [0, 0.1) is 0 Å². The van der Waals surface area contributed by atoms with E-state index in [1.165, 1.54) is 0 Å². The van der Waals surface area contributed by atoms with Crippen LogP contribution in [0.3, 0.4) is 0 Å². The third kappa shape index (κ3) is 2.00. The number of nitrogens with zero attached hydrogens (tertiary/aromatic N) is 1. The Balaban J connectivity index is 2.44. The second-order valence-electron chi connectivity index (χ2n) is 4.01. The van der Waals surface area contributed by atoms with Crippen molar-refractivity contribution in [3.8, 4) is 0 Å². The number of likely N-dealkylation sites (N-methyl/N-ethyl adjacent to an activating group) is 1. The number of nitrogens with two attached hydrogens (primary N) is 1. The third-order valence-electron chi connectivity index (χ3n) is 2.99. The number of hydrogen-bond acceptors (Lipinski definition) is 2. The summed E-state index contributed by atoms with van der Waals surface area (Å²) in [6, 6.07) is 5.84. The van der Waals surface area contributed by atoms with Crippen LogP contribution in [-0.4, -0.2) is 24.5 Å². The predicted molar refractivity (Wildman–Crippen MR) is 64.4 cm³/mol. The van der Waals surface area contributed by atoms with Gasteiger partial charge in [0.1, 0.15) is 0 Å². The summed E-state index contributed by atoms with van der Waals surface area (Å²) in [5, 5.41) is 1.41. The molecule has 0 aromatic heterocycles. The lowest BCUT2D eigenvalue weighted by Crippen LogP contribution is -2.30. The van der Waals surface area contributed by atoms with Crippen LogP contribution in [0.1, 0.15) is 18.0 Å². The number of rotatable bonds is 1. The summed E-state index contributed by atoms with van der Waals surface area (Å²) in [7, 11) is 2.05. The van der Waals surface area contributed by atoms with Crippen molar-refractivity contribution in [2.45, 2.75) is 18.5 Å². The number of halogens is 2. The van der Waals surface area contributed by atoms with Crippen molar-refractivity contribution in [2.75, 3.05) is 13.6 Å². The molecular formula is C11H14Cl2N2. The molecule has 1 fully saturated rings. The van der Waals surface area contributed by atoms with Gasteiger partial charge in [0, 0.05) is 28.2 Å². The molecule has 1 aliphatic heterocycles. The Morgan fingerprint density at radius 2 is 1.93 bits per heavy atom. The Hall–Kier alpha value is -0.280. The van der Waals surface area contributed by atoms with Crippen molar-refractivity contribution < 1.29 is 0 Å². The van der Waals surface area contributed by atoms with Gasteiger partial charge in [-0.05, 0) is 25.6 Å². The number of likely N-dealkylation sites (tertiary alicyclic amines) is 1. The first-order chi connectivity index (χ1) is 7.11. The molecule has 2 nitrogen and oxygen atoms in total. The molecule has 1 heterocycles. The largest absolute Gasteiger partial charge is 0.326 e. The van der Waals surface area contributed by atoms with Gasteiger partial charge in [-0.15, -0.1) is 0 Å². The van der Waals surface area contributed by atoms with Crippen molar-refractivity contribution in [2.24, 2.45) is 5.73 Å². The van der Waals surface area contributed by atoms with Gasteiger partial charge in [0.05, 0.1) is 6.04 Å². The summed E-state index contributed by atoms with van der Waals surface area (Å²) in [4.78, 5) is 2.21. The standard InChI is InChI=1S/C11H14Cl2N2/c1-15-6-5-9(14)11(15)10-7(12)3-2-4-8(10)13/h2-4,9,11H,5-6,14H2,1H3. The van der Waals surface area contributed by atoms with Crippen LogP contribution >= 0.6 is 23.2 Å². The summed E-state index contributed by atoms with van der Waals surface area (Å²) in [5.74, 6) is 0. The maximum atomic E-state index is 6.17. The fourth-order valence-corrected chi connectivity index (χ4v) is 2.83. The third-order valence-corrected chi connectivity index (χ3v) is 3.65. The van der Waals surface area contributed by atoms with Crippen LogP contribution in [0.25, 0.3) is 0 Å². The van der Waals surface area contributed by atoms with Crippen molar-refractivity contribution in [3.05, 3.63) is 33.8 Å². The quantitative estimate of drug-likeness (QED) is 0.824. The van der Waals surface area contributed by atoms with E-state index in [2.05, 4.69) is 11.9 Å². The summed E-state index contributed by atoms with van der Waals surface area (Å²) in [5.41, 5.74) is 7.05. The van der Waals surface area contributed by atoms with Crippen LogP contribution in [0.5, 0.6) is 0 Å². The van der Waals surface area contributed by atoms with Gasteiger partial charge in [0.15, 0.2) is 0 Å². The summed E-state index contributed by atoms with van der Waals surface area (Å²) >= 11 is 12.3. The highest BCUT2D eigenvalue weighted by atomic mass is 35.5. The Labute approximate surface area is 100.0 Å². The fourth-order valence-electron chi connectivity index (χ4n) is 2.20. The first-order valence-corrected chi connectivity index (χ1v) is 5.76. The molecule has 1 aliphatic rings. The van der Waals surface area contributed by atoms with Crippen LogP contribution in [0.4, 0.5) is 0 Å². The lowest BCUT2D eigenvalue weighted by atomic mass is 10.0. The minimum atomic E-state index is 0.118. The van der Waals surface area contributed by atoms with Gasteiger partial charge in [-0.3, -0.25) is 4.90 Å². The van der Waals surface area contributed by atoms with Crippen LogP contribution in [0.15, 0.2) is 18.2 Å². The molecule has 4 heteroatoms. The van der Waals surface area contributed by atoms with E-state index < -0.39 is 0 Å². The average Bonchev–Trinajstić information content (AvgIpc) is 2.49. The van der Waals surface area contributed by atoms with Crippen LogP contribution in [-0.2, 0) is 0 Å². The molecule has 82 valence electrons. The number of hydrogen-bond donors (Lipinski definition) is 1. The lowest BCUT2D eigenvalue weighted by Gasteiger charge is -2.25. The van der Waals surface area contributed by atoms with E-state index in [1.807, 2.05) is 18.2 Å². The predicted octanol–water partition coefficient (Wildman–Crippen LogP) is 2.70. The van der Waals surface area contributed by atoms with Crippen molar-refractivity contribution in [1.82, 2.24) is 4.90 Å². The van der Waals surface area contributed by atoms with E-state index in [0.717, 1.165) is 18.5 Å². The second kappa shape index (κ2) is 4.30. The summed E-state index contributed by atoms with van der Waals surface area (Å²) in [6.45, 7) is 0.993. The normalized spacial score (nSPS) is 27.2. The summed E-state index contributed by atoms with van der Waals surface area (Å²) in [6.07, 6.45) is 0.989. The first-order valence-electron chi connectivity index (χ1n) is 5.01. The van der Waals surface area contributed by atoms with Crippen molar-refractivity contribution in [1.29, 1.82) is 0 Å². The van der Waals surface area contributed by atoms with Crippen LogP contribution in [0.2, 0.25) is 10.0 Å². The topological polar surface area (TPSA) is 29.3 Å². The minimum absolute atomic E-state index is 0.118.